The zero-order chi connectivity index (χ0) is 10.2. The molecule has 1 aliphatic carbocycles. The van der Waals surface area contributed by atoms with E-state index in [9.17, 15) is 0 Å². The molecule has 0 saturated heterocycles. The van der Waals surface area contributed by atoms with Gasteiger partial charge in [0.1, 0.15) is 0 Å². The lowest BCUT2D eigenvalue weighted by molar-refractivity contribution is 0.413. The molecule has 0 unspecified atom stereocenters. The maximum absolute atomic E-state index is 2.31. The lowest BCUT2D eigenvalue weighted by atomic mass is 9.87. The van der Waals surface area contributed by atoms with E-state index in [1.807, 2.05) is 0 Å². The Bertz CT molecular complexity index is 364. The number of allylic oxidation sites excluding steroid dienone is 1. The van der Waals surface area contributed by atoms with Crippen molar-refractivity contribution in [1.29, 1.82) is 0 Å². The van der Waals surface area contributed by atoms with Gasteiger partial charge in [0.25, 0.3) is 0 Å². The van der Waals surface area contributed by atoms with Crippen LogP contribution >= 0.6 is 0 Å². The Morgan fingerprint density at radius 3 is 2.21 bits per heavy atom. The fourth-order valence-electron chi connectivity index (χ4n) is 1.93. The van der Waals surface area contributed by atoms with Crippen molar-refractivity contribution in [1.82, 2.24) is 0 Å². The molecular weight excluding hydrogens is 168 g/mol. The van der Waals surface area contributed by atoms with Gasteiger partial charge in [0.05, 0.1) is 0 Å². The van der Waals surface area contributed by atoms with E-state index in [-0.39, 0.29) is 0 Å². The minimum absolute atomic E-state index is 0.379. The molecule has 0 heteroatoms. The molecule has 73 valence electrons. The fraction of sp³-hybridized carbons (Fsp3) is 0.357. The molecular formula is C14H17. The number of rotatable bonds is 1. The van der Waals surface area contributed by atoms with E-state index >= 15 is 0 Å². The van der Waals surface area contributed by atoms with Gasteiger partial charge in [-0.1, -0.05) is 56.7 Å². The average Bonchev–Trinajstić information content (AvgIpc) is 2.42. The largest absolute Gasteiger partial charge is 0.0619 e. The van der Waals surface area contributed by atoms with Crippen LogP contribution in [0.4, 0.5) is 0 Å². The standard InChI is InChI=1S/C14H17/c1-14(2,3)10-11-8-12-6-4-5-7-13(12)9-11/h4-9H,10H2,1-3H3. The van der Waals surface area contributed by atoms with Gasteiger partial charge in [-0.3, -0.25) is 0 Å². The molecule has 1 aromatic carbocycles. The van der Waals surface area contributed by atoms with Crippen LogP contribution in [0.1, 0.15) is 38.3 Å². The van der Waals surface area contributed by atoms with E-state index in [4.69, 9.17) is 0 Å². The zero-order valence-electron chi connectivity index (χ0n) is 9.17. The Morgan fingerprint density at radius 2 is 1.64 bits per heavy atom. The number of fused-ring (bicyclic) bond motifs is 1. The lowest BCUT2D eigenvalue weighted by Crippen LogP contribution is -2.05. The molecule has 0 N–H and O–H groups in total. The first-order valence-electron chi connectivity index (χ1n) is 5.19. The second-order valence-electron chi connectivity index (χ2n) is 5.23. The van der Waals surface area contributed by atoms with Crippen LogP contribution < -0.4 is 0 Å². The van der Waals surface area contributed by atoms with Crippen molar-refractivity contribution in [2.75, 3.05) is 0 Å². The minimum Gasteiger partial charge on any atom is -0.0619 e. The lowest BCUT2D eigenvalue weighted by Gasteiger charge is -2.18. The molecule has 0 aromatic heterocycles. The normalized spacial score (nSPS) is 15.2. The fourth-order valence-corrected chi connectivity index (χ4v) is 1.93. The summed E-state index contributed by atoms with van der Waals surface area (Å²) in [7, 11) is 0. The number of hydrogen-bond acceptors (Lipinski definition) is 0. The molecule has 0 nitrogen and oxygen atoms in total. The van der Waals surface area contributed by atoms with Crippen molar-refractivity contribution in [3.05, 3.63) is 47.4 Å². The molecule has 1 aromatic rings. The van der Waals surface area contributed by atoms with Gasteiger partial charge in [-0.25, -0.2) is 0 Å². The van der Waals surface area contributed by atoms with Gasteiger partial charge in [-0.2, -0.15) is 0 Å². The smallest absolute Gasteiger partial charge is 0.0164 e. The number of benzene rings is 1. The summed E-state index contributed by atoms with van der Waals surface area (Å²) in [4.78, 5) is 0. The number of hydrogen-bond donors (Lipinski definition) is 0. The first kappa shape index (κ1) is 9.51. The van der Waals surface area contributed by atoms with E-state index in [2.05, 4.69) is 57.5 Å². The van der Waals surface area contributed by atoms with Crippen molar-refractivity contribution in [2.45, 2.75) is 27.2 Å². The van der Waals surface area contributed by atoms with Crippen LogP contribution in [0.25, 0.3) is 6.08 Å². The quantitative estimate of drug-likeness (QED) is 0.618. The summed E-state index contributed by atoms with van der Waals surface area (Å²) in [6.45, 7) is 6.85. The van der Waals surface area contributed by atoms with Gasteiger partial charge >= 0.3 is 0 Å². The molecule has 0 atom stereocenters. The monoisotopic (exact) mass is 185 g/mol. The maximum atomic E-state index is 2.31. The van der Waals surface area contributed by atoms with Crippen LogP contribution in [0.5, 0.6) is 0 Å². The Morgan fingerprint density at radius 1 is 1.00 bits per heavy atom. The molecule has 0 bridgehead atoms. The van der Waals surface area contributed by atoms with Crippen molar-refractivity contribution >= 4 is 6.08 Å². The highest BCUT2D eigenvalue weighted by Crippen LogP contribution is 2.34. The van der Waals surface area contributed by atoms with Crippen LogP contribution in [0.2, 0.25) is 0 Å². The van der Waals surface area contributed by atoms with Gasteiger partial charge < -0.3 is 0 Å². The average molecular weight is 185 g/mol. The van der Waals surface area contributed by atoms with E-state index in [1.165, 1.54) is 16.7 Å². The van der Waals surface area contributed by atoms with Gasteiger partial charge in [-0.05, 0) is 23.0 Å². The van der Waals surface area contributed by atoms with Crippen LogP contribution in [0.3, 0.4) is 0 Å². The summed E-state index contributed by atoms with van der Waals surface area (Å²) >= 11 is 0. The van der Waals surface area contributed by atoms with Crippen LogP contribution in [0, 0.1) is 11.8 Å². The third-order valence-corrected chi connectivity index (χ3v) is 2.41. The molecule has 0 amide bonds. The van der Waals surface area contributed by atoms with Gasteiger partial charge in [0.2, 0.25) is 0 Å². The summed E-state index contributed by atoms with van der Waals surface area (Å²) in [6.07, 6.45) is 5.77. The molecule has 0 fully saturated rings. The van der Waals surface area contributed by atoms with Gasteiger partial charge in [-0.15, -0.1) is 0 Å². The molecule has 0 aliphatic heterocycles. The second-order valence-corrected chi connectivity index (χ2v) is 5.23. The zero-order valence-corrected chi connectivity index (χ0v) is 9.17. The molecule has 0 heterocycles. The third kappa shape index (κ3) is 2.06. The molecule has 1 aliphatic rings. The first-order chi connectivity index (χ1) is 6.54. The van der Waals surface area contributed by atoms with Crippen LogP contribution in [-0.4, -0.2) is 0 Å². The topological polar surface area (TPSA) is 0 Å². The molecule has 2 rings (SSSR count). The highest BCUT2D eigenvalue weighted by atomic mass is 14.2. The van der Waals surface area contributed by atoms with E-state index in [0.29, 0.717) is 5.41 Å². The molecule has 14 heavy (non-hydrogen) atoms. The predicted octanol–water partition coefficient (Wildman–Crippen LogP) is 4.07. The second kappa shape index (κ2) is 3.27. The Labute approximate surface area is 86.7 Å². The minimum atomic E-state index is 0.379. The summed E-state index contributed by atoms with van der Waals surface area (Å²) in [5, 5.41) is 0. The highest BCUT2D eigenvalue weighted by molar-refractivity contribution is 5.69. The molecule has 1 radical (unpaired) electrons. The molecule has 0 saturated carbocycles. The predicted molar refractivity (Wildman–Crippen MR) is 61.9 cm³/mol. The SMILES string of the molecule is CC(C)(C)CC1=Cc2ccccc2[CH]1. The van der Waals surface area contributed by atoms with Gasteiger partial charge in [0.15, 0.2) is 0 Å². The van der Waals surface area contributed by atoms with Crippen molar-refractivity contribution in [3.63, 3.8) is 0 Å². The van der Waals surface area contributed by atoms with Crippen LogP contribution in [-0.2, 0) is 0 Å². The van der Waals surface area contributed by atoms with E-state index in [1.54, 1.807) is 0 Å². The van der Waals surface area contributed by atoms with E-state index in [0.717, 1.165) is 6.42 Å². The summed E-state index contributed by atoms with van der Waals surface area (Å²) in [5.74, 6) is 0. The Hall–Kier alpha value is -1.04. The van der Waals surface area contributed by atoms with Gasteiger partial charge in [0, 0.05) is 6.42 Å². The summed E-state index contributed by atoms with van der Waals surface area (Å²) in [6, 6.07) is 8.56. The first-order valence-corrected chi connectivity index (χ1v) is 5.19. The maximum Gasteiger partial charge on any atom is 0.0164 e. The Kier molecular flexibility index (Phi) is 2.22. The molecule has 0 spiro atoms. The highest BCUT2D eigenvalue weighted by Gasteiger charge is 2.18. The Balaban J connectivity index is 2.16. The third-order valence-electron chi connectivity index (χ3n) is 2.41. The summed E-state index contributed by atoms with van der Waals surface area (Å²) < 4.78 is 0. The van der Waals surface area contributed by atoms with Crippen molar-refractivity contribution in [3.8, 4) is 0 Å². The van der Waals surface area contributed by atoms with Crippen molar-refractivity contribution in [2.24, 2.45) is 5.41 Å². The van der Waals surface area contributed by atoms with E-state index < -0.39 is 0 Å². The summed E-state index contributed by atoms with van der Waals surface area (Å²) in [5.41, 5.74) is 4.57. The van der Waals surface area contributed by atoms with Crippen LogP contribution in [0.15, 0.2) is 29.8 Å². The van der Waals surface area contributed by atoms with Crippen molar-refractivity contribution < 1.29 is 0 Å².